The average molecular weight is 562 g/mol. The quantitative estimate of drug-likeness (QED) is 0.311. The molecule has 1 fully saturated rings. The van der Waals surface area contributed by atoms with Gasteiger partial charge in [0.1, 0.15) is 11.7 Å². The number of anilines is 1. The van der Waals surface area contributed by atoms with E-state index in [4.69, 9.17) is 10.5 Å². The summed E-state index contributed by atoms with van der Waals surface area (Å²) in [6.07, 6.45) is 2.44. The summed E-state index contributed by atoms with van der Waals surface area (Å²) in [5.41, 5.74) is 6.64. The summed E-state index contributed by atoms with van der Waals surface area (Å²) in [4.78, 5) is 46.9. The zero-order chi connectivity index (χ0) is 28.4. The standard InChI is InChI=1S/C29H28FN5O4S/c1-34(2)19-11-13-35(16-19)29(38)24-15-21-26(40-24)23(10-12-32-21)39-22-9-8-17(14-20(22)30)25(27(31)36)28(37)33-18-6-4-3-5-7-18/h3-10,12,14-15,19,25H,11,13,16H2,1-2H3,(H2,31,36)(H,33,37). The fourth-order valence-electron chi connectivity index (χ4n) is 4.68. The summed E-state index contributed by atoms with van der Waals surface area (Å²) in [7, 11) is 4.01. The second-order valence-electron chi connectivity index (χ2n) is 9.77. The van der Waals surface area contributed by atoms with Crippen LogP contribution in [0.25, 0.3) is 10.2 Å². The lowest BCUT2D eigenvalue weighted by atomic mass is 9.97. The highest BCUT2D eigenvalue weighted by atomic mass is 32.1. The van der Waals surface area contributed by atoms with Gasteiger partial charge in [-0.15, -0.1) is 11.3 Å². The van der Waals surface area contributed by atoms with E-state index in [1.54, 1.807) is 42.5 Å². The van der Waals surface area contributed by atoms with Gasteiger partial charge in [-0.25, -0.2) is 4.39 Å². The number of primary amides is 1. The van der Waals surface area contributed by atoms with Crippen LogP contribution in [0.3, 0.4) is 0 Å². The molecule has 3 heterocycles. The number of fused-ring (bicyclic) bond motifs is 1. The molecule has 0 saturated carbocycles. The van der Waals surface area contributed by atoms with Crippen molar-refractivity contribution in [3.63, 3.8) is 0 Å². The molecule has 4 aromatic rings. The lowest BCUT2D eigenvalue weighted by Crippen LogP contribution is -2.34. The lowest BCUT2D eigenvalue weighted by molar-refractivity contribution is -0.127. The van der Waals surface area contributed by atoms with Gasteiger partial charge in [-0.2, -0.15) is 0 Å². The highest BCUT2D eigenvalue weighted by Gasteiger charge is 2.30. The molecule has 1 aliphatic rings. The second kappa shape index (κ2) is 11.4. The minimum atomic E-state index is -1.40. The van der Waals surface area contributed by atoms with Crippen LogP contribution in [0.1, 0.15) is 27.6 Å². The molecule has 0 radical (unpaired) electrons. The van der Waals surface area contributed by atoms with Crippen LogP contribution >= 0.6 is 11.3 Å². The highest BCUT2D eigenvalue weighted by molar-refractivity contribution is 7.21. The van der Waals surface area contributed by atoms with Crippen molar-refractivity contribution in [1.82, 2.24) is 14.8 Å². The number of carbonyl (C=O) groups excluding carboxylic acids is 3. The number of ether oxygens (including phenoxy) is 1. The largest absolute Gasteiger partial charge is 0.453 e. The number of nitrogens with one attached hydrogen (secondary N) is 1. The van der Waals surface area contributed by atoms with E-state index in [0.717, 1.165) is 12.5 Å². The van der Waals surface area contributed by atoms with Gasteiger partial charge in [0.15, 0.2) is 11.6 Å². The molecule has 2 aromatic carbocycles. The molecule has 206 valence electrons. The van der Waals surface area contributed by atoms with Crippen molar-refractivity contribution in [1.29, 1.82) is 0 Å². The van der Waals surface area contributed by atoms with Gasteiger partial charge in [0, 0.05) is 37.1 Å². The molecule has 9 nitrogen and oxygen atoms in total. The highest BCUT2D eigenvalue weighted by Crippen LogP contribution is 2.37. The number of pyridine rings is 1. The van der Waals surface area contributed by atoms with Crippen molar-refractivity contribution in [3.8, 4) is 11.5 Å². The first-order valence-corrected chi connectivity index (χ1v) is 13.5. The van der Waals surface area contributed by atoms with Crippen LogP contribution in [0.15, 0.2) is 66.9 Å². The first-order valence-electron chi connectivity index (χ1n) is 12.7. The van der Waals surface area contributed by atoms with Gasteiger partial charge in [-0.3, -0.25) is 19.4 Å². The molecule has 5 rings (SSSR count). The molecule has 3 N–H and O–H groups in total. The van der Waals surface area contributed by atoms with Crippen molar-refractivity contribution in [2.45, 2.75) is 18.4 Å². The maximum absolute atomic E-state index is 15.2. The lowest BCUT2D eigenvalue weighted by Gasteiger charge is -2.19. The Balaban J connectivity index is 1.36. The van der Waals surface area contributed by atoms with E-state index in [0.29, 0.717) is 45.7 Å². The maximum Gasteiger partial charge on any atom is 0.264 e. The summed E-state index contributed by atoms with van der Waals surface area (Å²) in [5.74, 6) is -3.61. The monoisotopic (exact) mass is 561 g/mol. The van der Waals surface area contributed by atoms with Gasteiger partial charge in [0.25, 0.3) is 5.91 Å². The minimum Gasteiger partial charge on any atom is -0.453 e. The Hall–Kier alpha value is -4.35. The fourth-order valence-corrected chi connectivity index (χ4v) is 5.72. The number of rotatable bonds is 8. The van der Waals surface area contributed by atoms with Crippen LogP contribution < -0.4 is 15.8 Å². The van der Waals surface area contributed by atoms with E-state index in [9.17, 15) is 14.4 Å². The fraction of sp³-hybridized carbons (Fsp3) is 0.241. The van der Waals surface area contributed by atoms with Crippen LogP contribution in [0.5, 0.6) is 11.5 Å². The number of hydrogen-bond donors (Lipinski definition) is 2. The van der Waals surface area contributed by atoms with Crippen LogP contribution in [0.2, 0.25) is 0 Å². The van der Waals surface area contributed by atoms with E-state index in [2.05, 4.69) is 15.2 Å². The third-order valence-corrected chi connectivity index (χ3v) is 7.99. The van der Waals surface area contributed by atoms with Crippen molar-refractivity contribution in [2.75, 3.05) is 32.5 Å². The molecule has 2 aromatic heterocycles. The normalized spacial score (nSPS) is 15.8. The summed E-state index contributed by atoms with van der Waals surface area (Å²) in [6, 6.07) is 16.0. The van der Waals surface area contributed by atoms with Crippen LogP contribution in [0, 0.1) is 5.82 Å². The molecular weight excluding hydrogens is 533 g/mol. The SMILES string of the molecule is CN(C)C1CCN(C(=O)c2cc3nccc(Oc4ccc(C(C(N)=O)C(=O)Nc5ccccc5)cc4F)c3s2)C1. The molecule has 1 saturated heterocycles. The van der Waals surface area contributed by atoms with Gasteiger partial charge in [-0.05, 0) is 56.4 Å². The summed E-state index contributed by atoms with van der Waals surface area (Å²) in [5, 5.41) is 2.62. The number of nitrogens with two attached hydrogens (primary N) is 1. The second-order valence-corrected chi connectivity index (χ2v) is 10.8. The number of amides is 3. The number of benzene rings is 2. The number of halogens is 1. The molecule has 40 heavy (non-hydrogen) atoms. The molecular formula is C29H28FN5O4S. The Morgan fingerprint density at radius 1 is 1.12 bits per heavy atom. The third-order valence-electron chi connectivity index (χ3n) is 6.86. The Kier molecular flexibility index (Phi) is 7.76. The maximum atomic E-state index is 15.2. The zero-order valence-electron chi connectivity index (χ0n) is 22.0. The van der Waals surface area contributed by atoms with Gasteiger partial charge in [-0.1, -0.05) is 24.3 Å². The van der Waals surface area contributed by atoms with Crippen molar-refractivity contribution < 1.29 is 23.5 Å². The Bertz CT molecular complexity index is 1580. The van der Waals surface area contributed by atoms with E-state index in [1.807, 2.05) is 19.0 Å². The average Bonchev–Trinajstić information content (AvgIpc) is 3.59. The number of likely N-dealkylation sites (N-methyl/N-ethyl adjacent to an activating group) is 1. The van der Waals surface area contributed by atoms with Gasteiger partial charge < -0.3 is 25.6 Å². The molecule has 0 aliphatic carbocycles. The van der Waals surface area contributed by atoms with Crippen molar-refractivity contribution in [3.05, 3.63) is 83.1 Å². The molecule has 1 aliphatic heterocycles. The predicted octanol–water partition coefficient (Wildman–Crippen LogP) is 4.21. The van der Waals surface area contributed by atoms with Crippen LogP contribution in [-0.4, -0.2) is 65.7 Å². The van der Waals surface area contributed by atoms with Crippen molar-refractivity contribution >= 4 is 45.0 Å². The van der Waals surface area contributed by atoms with Gasteiger partial charge in [0.05, 0.1) is 15.1 Å². The summed E-state index contributed by atoms with van der Waals surface area (Å²) >= 11 is 1.24. The van der Waals surface area contributed by atoms with E-state index < -0.39 is 23.5 Å². The van der Waals surface area contributed by atoms with Crippen LogP contribution in [-0.2, 0) is 9.59 Å². The van der Waals surface area contributed by atoms with Gasteiger partial charge >= 0.3 is 0 Å². The molecule has 2 atom stereocenters. The summed E-state index contributed by atoms with van der Waals surface area (Å²) in [6.45, 7) is 1.34. The predicted molar refractivity (Wildman–Crippen MR) is 151 cm³/mol. The number of hydrogen-bond acceptors (Lipinski definition) is 7. The van der Waals surface area contributed by atoms with E-state index in [-0.39, 0.29) is 17.2 Å². The number of carbonyl (C=O) groups is 3. The number of likely N-dealkylation sites (tertiary alicyclic amines) is 1. The Morgan fingerprint density at radius 2 is 1.90 bits per heavy atom. The van der Waals surface area contributed by atoms with E-state index >= 15 is 4.39 Å². The molecule has 0 spiro atoms. The van der Waals surface area contributed by atoms with Crippen molar-refractivity contribution in [2.24, 2.45) is 5.73 Å². The molecule has 11 heteroatoms. The number of nitrogens with zero attached hydrogens (tertiary/aromatic N) is 3. The number of thiophene rings is 1. The molecule has 3 amide bonds. The van der Waals surface area contributed by atoms with Gasteiger partial charge in [0.2, 0.25) is 11.8 Å². The zero-order valence-corrected chi connectivity index (χ0v) is 22.8. The van der Waals surface area contributed by atoms with Crippen LogP contribution in [0.4, 0.5) is 10.1 Å². The smallest absolute Gasteiger partial charge is 0.264 e. The molecule has 0 bridgehead atoms. The minimum absolute atomic E-state index is 0.0693. The number of para-hydroxylation sites is 1. The number of aromatic nitrogens is 1. The van der Waals surface area contributed by atoms with E-state index in [1.165, 1.54) is 29.7 Å². The first kappa shape index (κ1) is 27.2. The third kappa shape index (κ3) is 5.65. The first-order chi connectivity index (χ1) is 19.2. The molecule has 2 unspecified atom stereocenters. The Morgan fingerprint density at radius 3 is 2.58 bits per heavy atom. The summed E-state index contributed by atoms with van der Waals surface area (Å²) < 4.78 is 21.7. The Labute approximate surface area is 234 Å². The topological polar surface area (TPSA) is 118 Å².